The van der Waals surface area contributed by atoms with Gasteiger partial charge >= 0.3 is 0 Å². The van der Waals surface area contributed by atoms with Crippen molar-refractivity contribution in [2.24, 2.45) is 5.92 Å². The van der Waals surface area contributed by atoms with Gasteiger partial charge in [-0.3, -0.25) is 9.59 Å². The molecule has 1 unspecified atom stereocenters. The number of carbonyl (C=O) groups excluding carboxylic acids is 2. The largest absolute Gasteiger partial charge is 0.304 e. The summed E-state index contributed by atoms with van der Waals surface area (Å²) in [7, 11) is 0. The molecule has 1 aliphatic rings. The highest BCUT2D eigenvalue weighted by molar-refractivity contribution is 6.52. The van der Waals surface area contributed by atoms with Gasteiger partial charge in [0.1, 0.15) is 11.6 Å². The second-order valence-corrected chi connectivity index (χ2v) is 4.54. The minimum absolute atomic E-state index is 0.0443. The lowest BCUT2D eigenvalue weighted by Crippen LogP contribution is -2.33. The molecule has 1 amide bonds. The van der Waals surface area contributed by atoms with Gasteiger partial charge in [0.05, 0.1) is 11.3 Å². The first-order valence-electron chi connectivity index (χ1n) is 5.81. The second-order valence-electron chi connectivity index (χ2n) is 4.54. The van der Waals surface area contributed by atoms with Crippen molar-refractivity contribution in [2.75, 3.05) is 11.4 Å². The quantitative estimate of drug-likeness (QED) is 0.776. The van der Waals surface area contributed by atoms with Crippen molar-refractivity contribution in [3.05, 3.63) is 29.3 Å². The topological polar surface area (TPSA) is 37.4 Å². The molecule has 3 nitrogen and oxygen atoms in total. The van der Waals surface area contributed by atoms with Gasteiger partial charge in [0.2, 0.25) is 0 Å². The molecule has 0 aliphatic carbocycles. The van der Waals surface area contributed by atoms with Crippen LogP contribution in [0.25, 0.3) is 0 Å². The lowest BCUT2D eigenvalue weighted by molar-refractivity contribution is -0.114. The first-order chi connectivity index (χ1) is 8.45. The van der Waals surface area contributed by atoms with Crippen LogP contribution in [-0.2, 0) is 4.79 Å². The maximum absolute atomic E-state index is 13.5. The number of Topliss-reactive ketones (excluding diaryl/α,β-unsaturated/α-hetero) is 1. The van der Waals surface area contributed by atoms with Gasteiger partial charge in [-0.05, 0) is 12.0 Å². The first kappa shape index (κ1) is 12.7. The van der Waals surface area contributed by atoms with E-state index in [4.69, 9.17) is 0 Å². The minimum Gasteiger partial charge on any atom is -0.304 e. The molecule has 1 aliphatic heterocycles. The Morgan fingerprint density at radius 1 is 1.28 bits per heavy atom. The van der Waals surface area contributed by atoms with Gasteiger partial charge in [0.25, 0.3) is 11.7 Å². The first-order valence-corrected chi connectivity index (χ1v) is 5.81. The molecule has 0 radical (unpaired) electrons. The fourth-order valence-electron chi connectivity index (χ4n) is 1.96. The summed E-state index contributed by atoms with van der Waals surface area (Å²) < 4.78 is 26.7. The molecule has 1 aromatic carbocycles. The molecular formula is C13H13F2NO2. The van der Waals surface area contributed by atoms with Crippen molar-refractivity contribution < 1.29 is 18.4 Å². The van der Waals surface area contributed by atoms with E-state index in [0.29, 0.717) is 6.07 Å². The van der Waals surface area contributed by atoms with Gasteiger partial charge in [-0.1, -0.05) is 20.3 Å². The molecule has 0 spiro atoms. The molecule has 0 bridgehead atoms. The number of halogens is 2. The van der Waals surface area contributed by atoms with E-state index in [-0.39, 0.29) is 23.7 Å². The van der Waals surface area contributed by atoms with Crippen molar-refractivity contribution in [1.82, 2.24) is 0 Å². The van der Waals surface area contributed by atoms with Crippen LogP contribution in [0, 0.1) is 17.6 Å². The molecule has 5 heteroatoms. The summed E-state index contributed by atoms with van der Waals surface area (Å²) in [6, 6.07) is 1.65. The molecule has 0 saturated carbocycles. The standard InChI is InChI=1S/C13H13F2NO2/c1-3-7(2)6-16-10-5-8(14)4-9(15)11(10)12(17)13(16)18/h4-5,7H,3,6H2,1-2H3. The van der Waals surface area contributed by atoms with E-state index < -0.39 is 23.3 Å². The summed E-state index contributed by atoms with van der Waals surface area (Å²) in [5, 5.41) is 0. The van der Waals surface area contributed by atoms with Crippen LogP contribution in [0.1, 0.15) is 30.6 Å². The third kappa shape index (κ3) is 1.89. The van der Waals surface area contributed by atoms with Crippen molar-refractivity contribution >= 4 is 17.4 Å². The summed E-state index contributed by atoms with van der Waals surface area (Å²) in [6.07, 6.45) is 0.811. The second kappa shape index (κ2) is 4.48. The smallest absolute Gasteiger partial charge is 0.299 e. The summed E-state index contributed by atoms with van der Waals surface area (Å²) in [5.74, 6) is -3.29. The Bertz CT molecular complexity index is 528. The zero-order valence-corrected chi connectivity index (χ0v) is 10.2. The Morgan fingerprint density at radius 2 is 1.94 bits per heavy atom. The average molecular weight is 253 g/mol. The zero-order chi connectivity index (χ0) is 13.4. The van der Waals surface area contributed by atoms with Crippen LogP contribution in [0.4, 0.5) is 14.5 Å². The van der Waals surface area contributed by atoms with Crippen molar-refractivity contribution in [1.29, 1.82) is 0 Å². The van der Waals surface area contributed by atoms with Crippen LogP contribution in [0.3, 0.4) is 0 Å². The normalized spacial score (nSPS) is 16.1. The van der Waals surface area contributed by atoms with Gasteiger partial charge in [0.15, 0.2) is 0 Å². The molecule has 0 saturated heterocycles. The number of nitrogens with zero attached hydrogens (tertiary/aromatic N) is 1. The molecule has 96 valence electrons. The molecule has 18 heavy (non-hydrogen) atoms. The van der Waals surface area contributed by atoms with E-state index >= 15 is 0 Å². The SMILES string of the molecule is CCC(C)CN1C(=O)C(=O)c2c(F)cc(F)cc21. The molecule has 1 aromatic rings. The van der Waals surface area contributed by atoms with E-state index in [1.54, 1.807) is 0 Å². The van der Waals surface area contributed by atoms with E-state index in [2.05, 4.69) is 0 Å². The fraction of sp³-hybridized carbons (Fsp3) is 0.385. The average Bonchev–Trinajstić information content (AvgIpc) is 2.54. The van der Waals surface area contributed by atoms with Gasteiger partial charge < -0.3 is 4.90 Å². The van der Waals surface area contributed by atoms with E-state index in [1.807, 2.05) is 13.8 Å². The summed E-state index contributed by atoms with van der Waals surface area (Å²) in [6.45, 7) is 4.14. The molecule has 0 fully saturated rings. The van der Waals surface area contributed by atoms with Crippen LogP contribution in [0.15, 0.2) is 12.1 Å². The predicted molar refractivity (Wildman–Crippen MR) is 62.5 cm³/mol. The number of hydrogen-bond acceptors (Lipinski definition) is 2. The Balaban J connectivity index is 2.48. The van der Waals surface area contributed by atoms with Crippen LogP contribution in [0.2, 0.25) is 0 Å². The monoisotopic (exact) mass is 253 g/mol. The maximum atomic E-state index is 13.5. The number of benzene rings is 1. The van der Waals surface area contributed by atoms with Crippen molar-refractivity contribution in [3.8, 4) is 0 Å². The Labute approximate surface area is 103 Å². The lowest BCUT2D eigenvalue weighted by Gasteiger charge is -2.20. The Morgan fingerprint density at radius 3 is 2.56 bits per heavy atom. The maximum Gasteiger partial charge on any atom is 0.299 e. The van der Waals surface area contributed by atoms with Gasteiger partial charge in [-0.15, -0.1) is 0 Å². The number of amides is 1. The lowest BCUT2D eigenvalue weighted by atomic mass is 10.1. The van der Waals surface area contributed by atoms with E-state index in [1.165, 1.54) is 0 Å². The van der Waals surface area contributed by atoms with E-state index in [0.717, 1.165) is 17.4 Å². The molecule has 0 N–H and O–H groups in total. The Kier molecular flexibility index (Phi) is 3.15. The fourth-order valence-corrected chi connectivity index (χ4v) is 1.96. The van der Waals surface area contributed by atoms with Crippen molar-refractivity contribution in [3.63, 3.8) is 0 Å². The number of anilines is 1. The van der Waals surface area contributed by atoms with Crippen LogP contribution in [0.5, 0.6) is 0 Å². The minimum atomic E-state index is -0.977. The van der Waals surface area contributed by atoms with Gasteiger partial charge in [-0.25, -0.2) is 8.78 Å². The highest BCUT2D eigenvalue weighted by Gasteiger charge is 2.39. The molecular weight excluding hydrogens is 240 g/mol. The number of fused-ring (bicyclic) bond motifs is 1. The highest BCUT2D eigenvalue weighted by atomic mass is 19.1. The Hall–Kier alpha value is -1.78. The summed E-state index contributed by atoms with van der Waals surface area (Å²) in [4.78, 5) is 24.6. The molecule has 2 rings (SSSR count). The predicted octanol–water partition coefficient (Wildman–Crippen LogP) is 2.54. The van der Waals surface area contributed by atoms with Crippen LogP contribution >= 0.6 is 0 Å². The number of ketones is 1. The number of hydrogen-bond donors (Lipinski definition) is 0. The highest BCUT2D eigenvalue weighted by Crippen LogP contribution is 2.32. The van der Waals surface area contributed by atoms with Crippen LogP contribution in [-0.4, -0.2) is 18.2 Å². The number of rotatable bonds is 3. The van der Waals surface area contributed by atoms with Crippen molar-refractivity contribution in [2.45, 2.75) is 20.3 Å². The van der Waals surface area contributed by atoms with Crippen LogP contribution < -0.4 is 4.90 Å². The van der Waals surface area contributed by atoms with Gasteiger partial charge in [0, 0.05) is 12.6 Å². The molecule has 1 heterocycles. The van der Waals surface area contributed by atoms with E-state index in [9.17, 15) is 18.4 Å². The third-order valence-corrected chi connectivity index (χ3v) is 3.18. The molecule has 1 atom stereocenters. The summed E-state index contributed by atoms with van der Waals surface area (Å²) >= 11 is 0. The molecule has 0 aromatic heterocycles. The zero-order valence-electron chi connectivity index (χ0n) is 10.2. The third-order valence-electron chi connectivity index (χ3n) is 3.18. The van der Waals surface area contributed by atoms with Gasteiger partial charge in [-0.2, -0.15) is 0 Å². The summed E-state index contributed by atoms with van der Waals surface area (Å²) in [5.41, 5.74) is -0.271. The number of carbonyl (C=O) groups is 2.